The summed E-state index contributed by atoms with van der Waals surface area (Å²) in [5.74, 6) is 0.0172. The van der Waals surface area contributed by atoms with Gasteiger partial charge in [-0.15, -0.1) is 0 Å². The molecule has 3 nitrogen and oxygen atoms in total. The summed E-state index contributed by atoms with van der Waals surface area (Å²) >= 11 is 0. The van der Waals surface area contributed by atoms with Crippen molar-refractivity contribution in [3.63, 3.8) is 0 Å². The Labute approximate surface area is 81.7 Å². The fourth-order valence-electron chi connectivity index (χ4n) is 1.22. The van der Waals surface area contributed by atoms with Crippen LogP contribution in [0.1, 0.15) is 12.5 Å². The number of esters is 1. The number of rotatable bonds is 1. The largest absolute Gasteiger partial charge is 0.407 e. The lowest BCUT2D eigenvalue weighted by atomic mass is 10.2. The van der Waals surface area contributed by atoms with Gasteiger partial charge < -0.3 is 4.74 Å². The molecule has 14 heavy (non-hydrogen) atoms. The second-order valence-electron chi connectivity index (χ2n) is 2.96. The topological polar surface area (TPSA) is 38.7 Å². The van der Waals surface area contributed by atoms with Crippen LogP contribution in [0, 0.1) is 0 Å². The smallest absolute Gasteiger partial charge is 0.363 e. The maximum Gasteiger partial charge on any atom is 0.363 e. The van der Waals surface area contributed by atoms with Crippen LogP contribution in [0.25, 0.3) is 6.08 Å². The maximum absolute atomic E-state index is 11.2. The summed E-state index contributed by atoms with van der Waals surface area (Å²) < 4.78 is 4.79. The van der Waals surface area contributed by atoms with E-state index in [9.17, 15) is 4.79 Å². The third-order valence-corrected chi connectivity index (χ3v) is 1.83. The lowest BCUT2D eigenvalue weighted by Crippen LogP contribution is -1.99. The monoisotopic (exact) mass is 187 g/mol. The molecule has 1 aromatic rings. The first-order chi connectivity index (χ1) is 6.75. The molecule has 0 unspecified atom stereocenters. The predicted octanol–water partition coefficient (Wildman–Crippen LogP) is 2.00. The number of carbonyl (C=O) groups excluding carboxylic acids is 1. The Balaban J connectivity index is 2.32. The molecule has 70 valence electrons. The first-order valence-electron chi connectivity index (χ1n) is 4.30. The lowest BCUT2D eigenvalue weighted by molar-refractivity contribution is -0.130. The average molecular weight is 187 g/mol. The predicted molar refractivity (Wildman–Crippen MR) is 53.6 cm³/mol. The minimum atomic E-state index is -0.383. The van der Waals surface area contributed by atoms with Crippen LogP contribution in [0.15, 0.2) is 41.0 Å². The van der Waals surface area contributed by atoms with Crippen molar-refractivity contribution in [3.05, 3.63) is 41.6 Å². The van der Waals surface area contributed by atoms with Crippen molar-refractivity contribution >= 4 is 17.9 Å². The van der Waals surface area contributed by atoms with E-state index in [0.717, 1.165) is 5.56 Å². The van der Waals surface area contributed by atoms with Crippen LogP contribution in [-0.2, 0) is 9.53 Å². The van der Waals surface area contributed by atoms with Crippen molar-refractivity contribution in [1.29, 1.82) is 0 Å². The van der Waals surface area contributed by atoms with Crippen LogP contribution >= 0.6 is 0 Å². The van der Waals surface area contributed by atoms with E-state index in [0.29, 0.717) is 11.6 Å². The second kappa shape index (κ2) is 3.46. The van der Waals surface area contributed by atoms with Crippen LogP contribution in [0.4, 0.5) is 0 Å². The molecule has 0 fully saturated rings. The molecule has 0 saturated carbocycles. The minimum Gasteiger partial charge on any atom is -0.407 e. The fourth-order valence-corrected chi connectivity index (χ4v) is 1.22. The quantitative estimate of drug-likeness (QED) is 0.498. The molecule has 0 bridgehead atoms. The highest BCUT2D eigenvalue weighted by molar-refractivity contribution is 6.06. The van der Waals surface area contributed by atoms with Crippen molar-refractivity contribution in [3.8, 4) is 0 Å². The molecule has 0 atom stereocenters. The number of hydrogen-bond donors (Lipinski definition) is 0. The van der Waals surface area contributed by atoms with Crippen molar-refractivity contribution in [2.75, 3.05) is 0 Å². The highest BCUT2D eigenvalue weighted by Gasteiger charge is 2.19. The van der Waals surface area contributed by atoms with Gasteiger partial charge in [0.05, 0.1) is 0 Å². The van der Waals surface area contributed by atoms with Crippen molar-refractivity contribution in [2.45, 2.75) is 6.92 Å². The molecule has 0 saturated heterocycles. The zero-order valence-electron chi connectivity index (χ0n) is 7.73. The van der Waals surface area contributed by atoms with E-state index in [1.54, 1.807) is 13.0 Å². The van der Waals surface area contributed by atoms with E-state index in [-0.39, 0.29) is 5.97 Å². The molecule has 1 aliphatic heterocycles. The molecule has 0 amide bonds. The summed E-state index contributed by atoms with van der Waals surface area (Å²) in [4.78, 5) is 15.2. The third kappa shape index (κ3) is 1.71. The number of hydrogen-bond acceptors (Lipinski definition) is 3. The SMILES string of the molecule is CC1=N/C(=C/c2ccccc2)C(=O)O1. The van der Waals surface area contributed by atoms with Gasteiger partial charge in [0.2, 0.25) is 0 Å². The van der Waals surface area contributed by atoms with Crippen LogP contribution in [-0.4, -0.2) is 11.9 Å². The molecule has 3 heteroatoms. The van der Waals surface area contributed by atoms with Gasteiger partial charge in [-0.05, 0) is 11.6 Å². The molecule has 0 radical (unpaired) electrons. The van der Waals surface area contributed by atoms with Crippen molar-refractivity contribution in [1.82, 2.24) is 0 Å². The molecule has 0 aromatic heterocycles. The summed E-state index contributed by atoms with van der Waals surface area (Å²) in [5, 5.41) is 0. The van der Waals surface area contributed by atoms with E-state index >= 15 is 0 Å². The molecular weight excluding hydrogens is 178 g/mol. The van der Waals surface area contributed by atoms with Gasteiger partial charge in [0.15, 0.2) is 11.6 Å². The number of cyclic esters (lactones) is 1. The molecule has 1 aliphatic rings. The first-order valence-corrected chi connectivity index (χ1v) is 4.30. The number of benzene rings is 1. The summed E-state index contributed by atoms with van der Waals surface area (Å²) in [7, 11) is 0. The molecule has 0 spiro atoms. The number of carbonyl (C=O) groups is 1. The molecule has 0 aliphatic carbocycles. The van der Waals surface area contributed by atoms with Crippen LogP contribution < -0.4 is 0 Å². The highest BCUT2D eigenvalue weighted by atomic mass is 16.6. The van der Waals surface area contributed by atoms with Gasteiger partial charge in [0, 0.05) is 6.92 Å². The number of nitrogens with zero attached hydrogens (tertiary/aromatic N) is 1. The van der Waals surface area contributed by atoms with E-state index in [1.807, 2.05) is 30.3 Å². The van der Waals surface area contributed by atoms with Gasteiger partial charge >= 0.3 is 5.97 Å². The fraction of sp³-hybridized carbons (Fsp3) is 0.0909. The Hall–Kier alpha value is -1.90. The summed E-state index contributed by atoms with van der Waals surface area (Å²) in [6, 6.07) is 9.54. The standard InChI is InChI=1S/C11H9NO2/c1-8-12-10(11(13)14-8)7-9-5-3-2-4-6-9/h2-7H,1H3/b10-7+. The van der Waals surface area contributed by atoms with Crippen molar-refractivity contribution in [2.24, 2.45) is 4.99 Å². The van der Waals surface area contributed by atoms with E-state index in [2.05, 4.69) is 4.99 Å². The maximum atomic E-state index is 11.2. The molecule has 2 rings (SSSR count). The second-order valence-corrected chi connectivity index (χ2v) is 2.96. The molecule has 1 aromatic carbocycles. The van der Waals surface area contributed by atoms with E-state index in [1.165, 1.54) is 0 Å². The molecule has 1 heterocycles. The average Bonchev–Trinajstić information content (AvgIpc) is 2.47. The van der Waals surface area contributed by atoms with Gasteiger partial charge in [0.25, 0.3) is 0 Å². The Morgan fingerprint density at radius 1 is 1.29 bits per heavy atom. The Morgan fingerprint density at radius 2 is 2.00 bits per heavy atom. The Bertz CT molecular complexity index is 418. The summed E-state index contributed by atoms with van der Waals surface area (Å²) in [6.07, 6.45) is 1.71. The van der Waals surface area contributed by atoms with E-state index < -0.39 is 0 Å². The van der Waals surface area contributed by atoms with Crippen LogP contribution in [0.2, 0.25) is 0 Å². The number of aliphatic imine (C=N–C) groups is 1. The Morgan fingerprint density at radius 3 is 2.57 bits per heavy atom. The minimum absolute atomic E-state index is 0.355. The highest BCUT2D eigenvalue weighted by Crippen LogP contribution is 2.14. The van der Waals surface area contributed by atoms with Gasteiger partial charge in [-0.2, -0.15) is 0 Å². The van der Waals surface area contributed by atoms with E-state index in [4.69, 9.17) is 4.74 Å². The summed E-state index contributed by atoms with van der Waals surface area (Å²) in [5.41, 5.74) is 1.30. The number of ether oxygens (including phenoxy) is 1. The van der Waals surface area contributed by atoms with Gasteiger partial charge in [-0.25, -0.2) is 9.79 Å². The Kier molecular flexibility index (Phi) is 2.14. The molecular formula is C11H9NO2. The zero-order chi connectivity index (χ0) is 9.97. The normalized spacial score (nSPS) is 18.2. The third-order valence-electron chi connectivity index (χ3n) is 1.83. The van der Waals surface area contributed by atoms with Gasteiger partial charge in [-0.1, -0.05) is 30.3 Å². The van der Waals surface area contributed by atoms with Gasteiger partial charge in [-0.3, -0.25) is 0 Å². The molecule has 0 N–H and O–H groups in total. The summed E-state index contributed by atoms with van der Waals surface area (Å²) in [6.45, 7) is 1.66. The first kappa shape index (κ1) is 8.69. The van der Waals surface area contributed by atoms with Crippen LogP contribution in [0.3, 0.4) is 0 Å². The zero-order valence-corrected chi connectivity index (χ0v) is 7.73. The van der Waals surface area contributed by atoms with Crippen molar-refractivity contribution < 1.29 is 9.53 Å². The lowest BCUT2D eigenvalue weighted by Gasteiger charge is -1.92. The van der Waals surface area contributed by atoms with Crippen LogP contribution in [0.5, 0.6) is 0 Å². The van der Waals surface area contributed by atoms with Gasteiger partial charge in [0.1, 0.15) is 0 Å².